The van der Waals surface area contributed by atoms with E-state index in [0.29, 0.717) is 11.7 Å². The second-order valence-electron chi connectivity index (χ2n) is 5.26. The van der Waals surface area contributed by atoms with Gasteiger partial charge in [-0.1, -0.05) is 30.0 Å². The van der Waals surface area contributed by atoms with E-state index in [1.54, 1.807) is 10.9 Å². The first-order chi connectivity index (χ1) is 11.6. The van der Waals surface area contributed by atoms with Gasteiger partial charge in [-0.05, 0) is 48.0 Å². The highest BCUT2D eigenvalue weighted by Gasteiger charge is 2.19. The van der Waals surface area contributed by atoms with Gasteiger partial charge in [0.15, 0.2) is 0 Å². The van der Waals surface area contributed by atoms with E-state index in [0.717, 1.165) is 17.0 Å². The number of nitrogens with zero attached hydrogens (tertiary/aromatic N) is 4. The van der Waals surface area contributed by atoms with Gasteiger partial charge in [0, 0.05) is 5.69 Å². The number of anilines is 1. The fraction of sp³-hybridized carbons (Fsp3) is 0.250. The lowest BCUT2D eigenvalue weighted by Gasteiger charge is -2.12. The summed E-state index contributed by atoms with van der Waals surface area (Å²) in [5.74, 6) is 0.656. The lowest BCUT2D eigenvalue weighted by atomic mass is 10.2. The number of carbonyl (C=O) groups excluding carboxylic acids is 1. The molecule has 1 amide bonds. The predicted octanol–water partition coefficient (Wildman–Crippen LogP) is 2.74. The van der Waals surface area contributed by atoms with Crippen LogP contribution < -0.4 is 5.32 Å². The number of nitrogens with one attached hydrogen (secondary N) is 1. The SMILES string of the molecule is Cc1ccccc1NC(=O)C(C)Sc1nnnn1Cc1ccco1. The van der Waals surface area contributed by atoms with Crippen LogP contribution >= 0.6 is 11.8 Å². The van der Waals surface area contributed by atoms with E-state index in [-0.39, 0.29) is 11.2 Å². The van der Waals surface area contributed by atoms with Crippen LogP contribution in [0.4, 0.5) is 5.69 Å². The number of carbonyl (C=O) groups is 1. The van der Waals surface area contributed by atoms with Gasteiger partial charge < -0.3 is 9.73 Å². The van der Waals surface area contributed by atoms with Crippen LogP contribution in [0.3, 0.4) is 0 Å². The first-order valence-electron chi connectivity index (χ1n) is 7.45. The van der Waals surface area contributed by atoms with E-state index in [9.17, 15) is 4.79 Å². The van der Waals surface area contributed by atoms with Crippen molar-refractivity contribution >= 4 is 23.4 Å². The summed E-state index contributed by atoms with van der Waals surface area (Å²) in [6, 6.07) is 11.3. The summed E-state index contributed by atoms with van der Waals surface area (Å²) < 4.78 is 6.91. The van der Waals surface area contributed by atoms with Crippen LogP contribution in [0.5, 0.6) is 0 Å². The van der Waals surface area contributed by atoms with Crippen LogP contribution in [0.15, 0.2) is 52.2 Å². The lowest BCUT2D eigenvalue weighted by Crippen LogP contribution is -2.23. The zero-order chi connectivity index (χ0) is 16.9. The molecule has 1 unspecified atom stereocenters. The van der Waals surface area contributed by atoms with Gasteiger partial charge in [0.2, 0.25) is 11.1 Å². The average Bonchev–Trinajstić information content (AvgIpc) is 3.22. The Bertz CT molecular complexity index is 816. The molecule has 7 nitrogen and oxygen atoms in total. The van der Waals surface area contributed by atoms with Gasteiger partial charge in [-0.25, -0.2) is 4.68 Å². The summed E-state index contributed by atoms with van der Waals surface area (Å²) in [4.78, 5) is 12.4. The van der Waals surface area contributed by atoms with E-state index in [2.05, 4.69) is 20.8 Å². The normalized spacial score (nSPS) is 12.1. The molecule has 3 rings (SSSR count). The minimum atomic E-state index is -0.342. The number of furan rings is 1. The Labute approximate surface area is 143 Å². The van der Waals surface area contributed by atoms with Crippen LogP contribution in [0.1, 0.15) is 18.2 Å². The number of hydrogen-bond donors (Lipinski definition) is 1. The maximum Gasteiger partial charge on any atom is 0.237 e. The second kappa shape index (κ2) is 7.31. The third-order valence-electron chi connectivity index (χ3n) is 3.44. The maximum absolute atomic E-state index is 12.4. The summed E-state index contributed by atoms with van der Waals surface area (Å²) in [7, 11) is 0. The van der Waals surface area contributed by atoms with Crippen molar-refractivity contribution in [1.82, 2.24) is 20.2 Å². The topological polar surface area (TPSA) is 85.8 Å². The van der Waals surface area contributed by atoms with Crippen LogP contribution in [-0.4, -0.2) is 31.4 Å². The fourth-order valence-corrected chi connectivity index (χ4v) is 2.88. The van der Waals surface area contributed by atoms with Crippen LogP contribution in [0, 0.1) is 6.92 Å². The Morgan fingerprint density at radius 2 is 2.17 bits per heavy atom. The Hall–Kier alpha value is -2.61. The molecule has 24 heavy (non-hydrogen) atoms. The van der Waals surface area contributed by atoms with Crippen molar-refractivity contribution in [1.29, 1.82) is 0 Å². The molecule has 2 aromatic heterocycles. The van der Waals surface area contributed by atoms with Gasteiger partial charge in [-0.15, -0.1) is 5.10 Å². The Morgan fingerprint density at radius 1 is 1.33 bits per heavy atom. The number of aryl methyl sites for hydroxylation is 1. The predicted molar refractivity (Wildman–Crippen MR) is 90.8 cm³/mol. The van der Waals surface area contributed by atoms with Gasteiger partial charge in [-0.2, -0.15) is 0 Å². The highest BCUT2D eigenvalue weighted by Crippen LogP contribution is 2.23. The summed E-state index contributed by atoms with van der Waals surface area (Å²) in [5.41, 5.74) is 1.83. The van der Waals surface area contributed by atoms with Crippen molar-refractivity contribution in [2.45, 2.75) is 30.8 Å². The van der Waals surface area contributed by atoms with E-state index in [4.69, 9.17) is 4.42 Å². The van der Waals surface area contributed by atoms with Crippen molar-refractivity contribution in [2.75, 3.05) is 5.32 Å². The Kier molecular flexibility index (Phi) is 4.95. The molecule has 1 aromatic carbocycles. The van der Waals surface area contributed by atoms with Crippen molar-refractivity contribution in [3.63, 3.8) is 0 Å². The molecule has 1 atom stereocenters. The molecular formula is C16H17N5O2S. The quantitative estimate of drug-likeness (QED) is 0.693. The first kappa shape index (κ1) is 16.3. The minimum absolute atomic E-state index is 0.0955. The third-order valence-corrected chi connectivity index (χ3v) is 4.51. The largest absolute Gasteiger partial charge is 0.467 e. The first-order valence-corrected chi connectivity index (χ1v) is 8.33. The molecular weight excluding hydrogens is 326 g/mol. The molecule has 0 spiro atoms. The zero-order valence-electron chi connectivity index (χ0n) is 13.3. The molecule has 0 fully saturated rings. The summed E-state index contributed by atoms with van der Waals surface area (Å²) in [5, 5.41) is 14.8. The van der Waals surface area contributed by atoms with Gasteiger partial charge in [0.25, 0.3) is 0 Å². The standard InChI is InChI=1S/C16H17N5O2S/c1-11-6-3-4-8-14(11)17-15(22)12(2)24-16-18-19-20-21(16)10-13-7-5-9-23-13/h3-9,12H,10H2,1-2H3,(H,17,22). The maximum atomic E-state index is 12.4. The molecule has 0 aliphatic carbocycles. The summed E-state index contributed by atoms with van der Waals surface area (Å²) in [6.07, 6.45) is 1.60. The molecule has 8 heteroatoms. The number of rotatable bonds is 6. The van der Waals surface area contributed by atoms with Crippen molar-refractivity contribution in [3.8, 4) is 0 Å². The van der Waals surface area contributed by atoms with Crippen molar-refractivity contribution < 1.29 is 9.21 Å². The van der Waals surface area contributed by atoms with Crippen molar-refractivity contribution in [3.05, 3.63) is 54.0 Å². The minimum Gasteiger partial charge on any atom is -0.467 e. The molecule has 2 heterocycles. The fourth-order valence-electron chi connectivity index (χ4n) is 2.09. The number of thioether (sulfide) groups is 1. The molecule has 0 aliphatic rings. The molecule has 0 aliphatic heterocycles. The zero-order valence-corrected chi connectivity index (χ0v) is 14.2. The highest BCUT2D eigenvalue weighted by molar-refractivity contribution is 8.00. The molecule has 0 radical (unpaired) electrons. The Morgan fingerprint density at radius 3 is 2.92 bits per heavy atom. The number of para-hydroxylation sites is 1. The third kappa shape index (κ3) is 3.83. The van der Waals surface area contributed by atoms with Crippen LogP contribution in [0.25, 0.3) is 0 Å². The van der Waals surface area contributed by atoms with E-state index in [1.165, 1.54) is 11.8 Å². The Balaban J connectivity index is 1.64. The number of tetrazole rings is 1. The van der Waals surface area contributed by atoms with E-state index < -0.39 is 0 Å². The number of aromatic nitrogens is 4. The highest BCUT2D eigenvalue weighted by atomic mass is 32.2. The second-order valence-corrected chi connectivity index (χ2v) is 6.57. The monoisotopic (exact) mass is 343 g/mol. The summed E-state index contributed by atoms with van der Waals surface area (Å²) in [6.45, 7) is 4.20. The number of hydrogen-bond acceptors (Lipinski definition) is 6. The van der Waals surface area contributed by atoms with E-state index in [1.807, 2.05) is 50.2 Å². The van der Waals surface area contributed by atoms with Gasteiger partial charge in [0.05, 0.1) is 11.5 Å². The molecule has 0 saturated heterocycles. The number of benzene rings is 1. The van der Waals surface area contributed by atoms with Crippen LogP contribution in [0.2, 0.25) is 0 Å². The smallest absolute Gasteiger partial charge is 0.237 e. The van der Waals surface area contributed by atoms with Gasteiger partial charge >= 0.3 is 0 Å². The molecule has 0 bridgehead atoms. The molecule has 124 valence electrons. The average molecular weight is 343 g/mol. The lowest BCUT2D eigenvalue weighted by molar-refractivity contribution is -0.115. The molecule has 0 saturated carbocycles. The van der Waals surface area contributed by atoms with Gasteiger partial charge in [0.1, 0.15) is 12.3 Å². The number of amides is 1. The van der Waals surface area contributed by atoms with Gasteiger partial charge in [-0.3, -0.25) is 4.79 Å². The van der Waals surface area contributed by atoms with Crippen molar-refractivity contribution in [2.24, 2.45) is 0 Å². The van der Waals surface area contributed by atoms with Crippen LogP contribution in [-0.2, 0) is 11.3 Å². The molecule has 3 aromatic rings. The van der Waals surface area contributed by atoms with E-state index >= 15 is 0 Å². The molecule has 1 N–H and O–H groups in total. The summed E-state index contributed by atoms with van der Waals surface area (Å²) >= 11 is 1.31.